The molecule has 1 amide bonds. The molecule has 4 rings (SSSR count). The Bertz CT molecular complexity index is 1110. The van der Waals surface area contributed by atoms with E-state index in [1.165, 1.54) is 11.3 Å². The Morgan fingerprint density at radius 3 is 2.54 bits per heavy atom. The molecule has 0 saturated carbocycles. The van der Waals surface area contributed by atoms with E-state index in [9.17, 15) is 4.79 Å². The van der Waals surface area contributed by atoms with Crippen molar-refractivity contribution in [1.82, 2.24) is 14.5 Å². The fourth-order valence-corrected chi connectivity index (χ4v) is 3.49. The van der Waals surface area contributed by atoms with Crippen LogP contribution in [0.5, 0.6) is 11.6 Å². The molecule has 1 N–H and O–H groups in total. The van der Waals surface area contributed by atoms with E-state index >= 15 is 0 Å². The number of rotatable bonds is 5. The second-order valence-electron chi connectivity index (χ2n) is 5.89. The number of nitrogens with zero attached hydrogens (tertiary/aromatic N) is 3. The number of ether oxygens (including phenoxy) is 1. The van der Waals surface area contributed by atoms with Crippen molar-refractivity contribution in [3.05, 3.63) is 82.0 Å². The van der Waals surface area contributed by atoms with E-state index in [2.05, 4.69) is 15.3 Å². The number of thiophene rings is 1. The maximum absolute atomic E-state index is 12.2. The smallest absolute Gasteiger partial charge is 0.265 e. The fourth-order valence-electron chi connectivity index (χ4n) is 2.55. The second-order valence-corrected chi connectivity index (χ2v) is 7.60. The molecule has 28 heavy (non-hydrogen) atoms. The minimum Gasteiger partial charge on any atom is -0.439 e. The zero-order valence-electron chi connectivity index (χ0n) is 14.8. The SMILES string of the molecule is Cc1nc(Oc2ccc(NC(=O)c3ccc(Cl)s3)cc2)cc(-n2cccc2)n1. The van der Waals surface area contributed by atoms with Crippen LogP contribution in [0.1, 0.15) is 15.5 Å². The number of carbonyl (C=O) groups excluding carboxylic acids is 1. The summed E-state index contributed by atoms with van der Waals surface area (Å²) in [5, 5.41) is 2.83. The number of nitrogens with one attached hydrogen (secondary N) is 1. The lowest BCUT2D eigenvalue weighted by Crippen LogP contribution is -2.09. The van der Waals surface area contributed by atoms with Gasteiger partial charge in [-0.05, 0) is 55.5 Å². The molecule has 6 nitrogen and oxygen atoms in total. The molecule has 0 aliphatic heterocycles. The van der Waals surface area contributed by atoms with Gasteiger partial charge in [0.05, 0.1) is 9.21 Å². The second kappa shape index (κ2) is 7.84. The van der Waals surface area contributed by atoms with Crippen molar-refractivity contribution in [2.45, 2.75) is 6.92 Å². The van der Waals surface area contributed by atoms with Crippen LogP contribution < -0.4 is 10.1 Å². The number of hydrogen-bond acceptors (Lipinski definition) is 5. The number of aromatic nitrogens is 3. The van der Waals surface area contributed by atoms with E-state index in [0.717, 1.165) is 5.82 Å². The minimum atomic E-state index is -0.201. The number of benzene rings is 1. The van der Waals surface area contributed by atoms with Crippen molar-refractivity contribution in [2.75, 3.05) is 5.32 Å². The van der Waals surface area contributed by atoms with Gasteiger partial charge in [0, 0.05) is 24.1 Å². The van der Waals surface area contributed by atoms with Crippen LogP contribution in [0.2, 0.25) is 4.34 Å². The summed E-state index contributed by atoms with van der Waals surface area (Å²) in [5.41, 5.74) is 0.661. The lowest BCUT2D eigenvalue weighted by Gasteiger charge is -2.09. The largest absolute Gasteiger partial charge is 0.439 e. The third-order valence-electron chi connectivity index (χ3n) is 3.80. The molecule has 0 bridgehead atoms. The monoisotopic (exact) mass is 410 g/mol. The van der Waals surface area contributed by atoms with Crippen molar-refractivity contribution in [2.24, 2.45) is 0 Å². The molecule has 140 valence electrons. The first kappa shape index (κ1) is 18.2. The quantitative estimate of drug-likeness (QED) is 0.482. The summed E-state index contributed by atoms with van der Waals surface area (Å²) < 4.78 is 8.32. The van der Waals surface area contributed by atoms with Crippen LogP contribution in [0.25, 0.3) is 5.82 Å². The summed E-state index contributed by atoms with van der Waals surface area (Å²) in [6.07, 6.45) is 3.81. The van der Waals surface area contributed by atoms with Gasteiger partial charge in [0.1, 0.15) is 17.4 Å². The molecule has 8 heteroatoms. The van der Waals surface area contributed by atoms with Crippen molar-refractivity contribution in [3.63, 3.8) is 0 Å². The highest BCUT2D eigenvalue weighted by Gasteiger charge is 2.10. The maximum Gasteiger partial charge on any atom is 0.265 e. The van der Waals surface area contributed by atoms with Gasteiger partial charge in [0.25, 0.3) is 5.91 Å². The average molecular weight is 411 g/mol. The molecule has 0 atom stereocenters. The number of hydrogen-bond donors (Lipinski definition) is 1. The topological polar surface area (TPSA) is 69.0 Å². The molecule has 0 fully saturated rings. The van der Waals surface area contributed by atoms with Crippen molar-refractivity contribution in [1.29, 1.82) is 0 Å². The number of carbonyl (C=O) groups is 1. The molecule has 0 radical (unpaired) electrons. The van der Waals surface area contributed by atoms with E-state index in [1.54, 1.807) is 42.5 Å². The van der Waals surface area contributed by atoms with E-state index in [0.29, 0.717) is 32.4 Å². The third-order valence-corrected chi connectivity index (χ3v) is 5.03. The van der Waals surface area contributed by atoms with E-state index in [-0.39, 0.29) is 5.91 Å². The molecule has 1 aromatic carbocycles. The van der Waals surface area contributed by atoms with E-state index in [4.69, 9.17) is 16.3 Å². The Hall–Kier alpha value is -3.16. The van der Waals surface area contributed by atoms with Gasteiger partial charge in [-0.1, -0.05) is 11.6 Å². The zero-order valence-corrected chi connectivity index (χ0v) is 16.4. The van der Waals surface area contributed by atoms with Crippen LogP contribution in [-0.2, 0) is 0 Å². The summed E-state index contributed by atoms with van der Waals surface area (Å²) in [6.45, 7) is 1.81. The highest BCUT2D eigenvalue weighted by molar-refractivity contribution is 7.18. The molecular weight excluding hydrogens is 396 g/mol. The van der Waals surface area contributed by atoms with Gasteiger partial charge in [0.15, 0.2) is 0 Å². The van der Waals surface area contributed by atoms with Crippen LogP contribution in [0.4, 0.5) is 5.69 Å². The Morgan fingerprint density at radius 1 is 1.11 bits per heavy atom. The molecule has 4 aromatic rings. The van der Waals surface area contributed by atoms with Crippen LogP contribution in [0, 0.1) is 6.92 Å². The van der Waals surface area contributed by atoms with Crippen LogP contribution in [0.15, 0.2) is 67.0 Å². The third kappa shape index (κ3) is 4.21. The first-order valence-electron chi connectivity index (χ1n) is 8.40. The maximum atomic E-state index is 12.2. The van der Waals surface area contributed by atoms with Gasteiger partial charge in [-0.25, -0.2) is 4.98 Å². The summed E-state index contributed by atoms with van der Waals surface area (Å²) in [5.74, 6) is 2.19. The lowest BCUT2D eigenvalue weighted by atomic mass is 10.3. The van der Waals surface area contributed by atoms with E-state index < -0.39 is 0 Å². The van der Waals surface area contributed by atoms with Crippen LogP contribution in [0.3, 0.4) is 0 Å². The minimum absolute atomic E-state index is 0.201. The summed E-state index contributed by atoms with van der Waals surface area (Å²) in [6, 6.07) is 16.1. The average Bonchev–Trinajstić information content (AvgIpc) is 3.35. The molecule has 0 aliphatic rings. The van der Waals surface area contributed by atoms with Gasteiger partial charge in [-0.3, -0.25) is 4.79 Å². The Kier molecular flexibility index (Phi) is 5.10. The first-order valence-corrected chi connectivity index (χ1v) is 9.60. The molecule has 3 heterocycles. The molecule has 0 saturated heterocycles. The fraction of sp³-hybridized carbons (Fsp3) is 0.0500. The summed E-state index contributed by atoms with van der Waals surface area (Å²) in [4.78, 5) is 21.5. The van der Waals surface area contributed by atoms with Gasteiger partial charge in [0.2, 0.25) is 5.88 Å². The number of anilines is 1. The first-order chi connectivity index (χ1) is 13.6. The van der Waals surface area contributed by atoms with Gasteiger partial charge < -0.3 is 14.6 Å². The number of amides is 1. The lowest BCUT2D eigenvalue weighted by molar-refractivity contribution is 0.103. The highest BCUT2D eigenvalue weighted by atomic mass is 35.5. The molecule has 0 spiro atoms. The summed E-state index contributed by atoms with van der Waals surface area (Å²) in [7, 11) is 0. The van der Waals surface area contributed by atoms with Crippen LogP contribution >= 0.6 is 22.9 Å². The standard InChI is InChI=1S/C20H15ClN4O2S/c1-13-22-18(25-10-2-3-11-25)12-19(23-13)27-15-6-4-14(5-7-15)24-20(26)16-8-9-17(21)28-16/h2-12H,1H3,(H,24,26). The van der Waals surface area contributed by atoms with E-state index in [1.807, 2.05) is 36.0 Å². The molecular formula is C20H15ClN4O2S. The Labute approximate surface area is 170 Å². The predicted octanol–water partition coefficient (Wildman–Crippen LogP) is 5.34. The van der Waals surface area contributed by atoms with Gasteiger partial charge in [-0.2, -0.15) is 4.98 Å². The molecule has 3 aromatic heterocycles. The number of halogens is 1. The highest BCUT2D eigenvalue weighted by Crippen LogP contribution is 2.25. The van der Waals surface area contributed by atoms with Crippen LogP contribution in [-0.4, -0.2) is 20.4 Å². The predicted molar refractivity (Wildman–Crippen MR) is 110 cm³/mol. The summed E-state index contributed by atoms with van der Waals surface area (Å²) >= 11 is 7.10. The Morgan fingerprint density at radius 2 is 1.86 bits per heavy atom. The molecule has 0 aliphatic carbocycles. The Balaban J connectivity index is 1.47. The van der Waals surface area contributed by atoms with Gasteiger partial charge >= 0.3 is 0 Å². The van der Waals surface area contributed by atoms with Crippen molar-refractivity contribution in [3.8, 4) is 17.4 Å². The number of aryl methyl sites for hydroxylation is 1. The van der Waals surface area contributed by atoms with Gasteiger partial charge in [-0.15, -0.1) is 11.3 Å². The normalized spacial score (nSPS) is 10.6. The molecule has 0 unspecified atom stereocenters. The zero-order chi connectivity index (χ0) is 19.5. The van der Waals surface area contributed by atoms with Crippen molar-refractivity contribution >= 4 is 34.5 Å². The van der Waals surface area contributed by atoms with Crippen molar-refractivity contribution < 1.29 is 9.53 Å².